The van der Waals surface area contributed by atoms with Crippen LogP contribution in [0.3, 0.4) is 0 Å². The van der Waals surface area contributed by atoms with Gasteiger partial charge < -0.3 is 0 Å². The number of aryl methyl sites for hydroxylation is 1. The van der Waals surface area contributed by atoms with E-state index in [4.69, 9.17) is 0 Å². The van der Waals surface area contributed by atoms with Gasteiger partial charge in [-0.2, -0.15) is 0 Å². The molecule has 0 radical (unpaired) electrons. The van der Waals surface area contributed by atoms with E-state index in [9.17, 15) is 14.7 Å². The Hall–Kier alpha value is -2.75. The second-order valence-corrected chi connectivity index (χ2v) is 8.90. The first-order chi connectivity index (χ1) is 13.0. The average molecular weight is 380 g/mol. The first kappa shape index (κ1) is 19.0. The Morgan fingerprint density at radius 3 is 1.81 bits per heavy atom. The summed E-state index contributed by atoms with van der Waals surface area (Å²) in [6.45, 7) is 1.60. The lowest BCUT2D eigenvalue weighted by Gasteiger charge is -2.25. The predicted molar refractivity (Wildman–Crippen MR) is 109 cm³/mol. The second kappa shape index (κ2) is 8.30. The molecule has 1 N–H and O–H groups in total. The molecular weight excluding hydrogens is 359 g/mol. The Labute approximate surface area is 158 Å². The van der Waals surface area contributed by atoms with Crippen LogP contribution < -0.4 is 15.7 Å². The first-order valence-corrected chi connectivity index (χ1v) is 10.4. The van der Waals surface area contributed by atoms with Crippen LogP contribution in [-0.2, 0) is 4.57 Å². The second-order valence-electron chi connectivity index (χ2n) is 6.39. The third kappa shape index (κ3) is 4.51. The fourth-order valence-electron chi connectivity index (χ4n) is 2.96. The monoisotopic (exact) mass is 380 g/mol. The van der Waals surface area contributed by atoms with Crippen molar-refractivity contribution in [2.24, 2.45) is 0 Å². The molecule has 0 amide bonds. The number of rotatable bonds is 7. The van der Waals surface area contributed by atoms with Gasteiger partial charge in [0, 0.05) is 15.5 Å². The summed E-state index contributed by atoms with van der Waals surface area (Å²) in [5.74, 6) is 0. The van der Waals surface area contributed by atoms with Crippen molar-refractivity contribution >= 4 is 17.9 Å². The summed E-state index contributed by atoms with van der Waals surface area (Å²) in [5, 5.41) is 15.7. The maximum absolute atomic E-state index is 14.1. The number of benzene rings is 3. The summed E-state index contributed by atoms with van der Waals surface area (Å²) >= 11 is 0. The lowest BCUT2D eigenvalue weighted by Crippen LogP contribution is -2.33. The van der Waals surface area contributed by atoms with Gasteiger partial charge in [-0.25, -0.2) is 5.09 Å². The molecule has 27 heavy (non-hydrogen) atoms. The molecule has 0 spiro atoms. The van der Waals surface area contributed by atoms with E-state index in [0.29, 0.717) is 10.6 Å². The Bertz CT molecular complexity index is 901. The van der Waals surface area contributed by atoms with Crippen molar-refractivity contribution in [2.45, 2.75) is 13.0 Å². The Morgan fingerprint density at radius 1 is 0.889 bits per heavy atom. The normalized spacial score (nSPS) is 12.5. The van der Waals surface area contributed by atoms with E-state index < -0.39 is 13.3 Å². The summed E-state index contributed by atoms with van der Waals surface area (Å²) < 4.78 is 14.1. The van der Waals surface area contributed by atoms with Gasteiger partial charge in [-0.05, 0) is 36.8 Å². The molecule has 3 aromatic carbocycles. The highest BCUT2D eigenvalue weighted by Gasteiger charge is 2.32. The van der Waals surface area contributed by atoms with E-state index in [1.165, 1.54) is 0 Å². The molecule has 6 heteroatoms. The summed E-state index contributed by atoms with van der Waals surface area (Å²) in [4.78, 5) is 10.9. The minimum atomic E-state index is -3.27. The van der Waals surface area contributed by atoms with Crippen molar-refractivity contribution in [3.05, 3.63) is 106 Å². The zero-order valence-electron chi connectivity index (χ0n) is 15.0. The van der Waals surface area contributed by atoms with Crippen LogP contribution in [0.5, 0.6) is 0 Å². The molecule has 0 fully saturated rings. The molecule has 1 unspecified atom stereocenters. The highest BCUT2D eigenvalue weighted by Crippen LogP contribution is 2.41. The topological polar surface area (TPSA) is 72.2 Å². The molecule has 0 aromatic heterocycles. The van der Waals surface area contributed by atoms with Gasteiger partial charge in [-0.3, -0.25) is 14.7 Å². The molecule has 0 bridgehead atoms. The lowest BCUT2D eigenvalue weighted by atomic mass is 10.1. The first-order valence-electron chi connectivity index (χ1n) is 8.66. The maximum Gasteiger partial charge on any atom is 0.223 e. The molecule has 5 nitrogen and oxygen atoms in total. The van der Waals surface area contributed by atoms with Gasteiger partial charge in [0.15, 0.2) is 0 Å². The number of nitro groups is 1. The smallest absolute Gasteiger partial charge is 0.223 e. The average Bonchev–Trinajstić information content (AvgIpc) is 2.69. The zero-order valence-corrected chi connectivity index (χ0v) is 15.9. The molecule has 138 valence electrons. The minimum absolute atomic E-state index is 0.354. The van der Waals surface area contributed by atoms with Gasteiger partial charge in [0.05, 0.1) is 0 Å². The van der Waals surface area contributed by atoms with Gasteiger partial charge in [-0.1, -0.05) is 66.2 Å². The van der Waals surface area contributed by atoms with Gasteiger partial charge in [0.25, 0.3) is 0 Å². The highest BCUT2D eigenvalue weighted by molar-refractivity contribution is 7.76. The van der Waals surface area contributed by atoms with Gasteiger partial charge in [0.2, 0.25) is 13.8 Å². The van der Waals surface area contributed by atoms with Crippen LogP contribution in [0.15, 0.2) is 84.9 Å². The molecule has 0 aliphatic carbocycles. The third-order valence-corrected chi connectivity index (χ3v) is 7.11. The largest absolute Gasteiger partial charge is 0.296 e. The summed E-state index contributed by atoms with van der Waals surface area (Å²) in [6, 6.07) is 25.0. The van der Waals surface area contributed by atoms with Crippen molar-refractivity contribution in [3.63, 3.8) is 0 Å². The summed E-state index contributed by atoms with van der Waals surface area (Å²) in [5.41, 5.74) is 1.80. The molecule has 0 saturated heterocycles. The van der Waals surface area contributed by atoms with E-state index >= 15 is 0 Å². The minimum Gasteiger partial charge on any atom is -0.296 e. The number of hydrogen-bond acceptors (Lipinski definition) is 3. The maximum atomic E-state index is 14.1. The van der Waals surface area contributed by atoms with Crippen LogP contribution in [0.2, 0.25) is 0 Å². The number of hydrogen-bond donors (Lipinski definition) is 1. The van der Waals surface area contributed by atoms with E-state index in [2.05, 4.69) is 5.09 Å². The van der Waals surface area contributed by atoms with Crippen molar-refractivity contribution < 1.29 is 9.49 Å². The van der Waals surface area contributed by atoms with Crippen LogP contribution in [-0.4, -0.2) is 11.5 Å². The van der Waals surface area contributed by atoms with E-state index in [1.54, 1.807) is 24.3 Å². The molecule has 0 aliphatic heterocycles. The zero-order chi connectivity index (χ0) is 19.3. The van der Waals surface area contributed by atoms with E-state index in [1.807, 2.05) is 67.6 Å². The van der Waals surface area contributed by atoms with E-state index in [-0.39, 0.29) is 11.5 Å². The quantitative estimate of drug-likeness (QED) is 0.384. The van der Waals surface area contributed by atoms with E-state index in [0.717, 1.165) is 11.1 Å². The molecule has 1 atom stereocenters. The highest BCUT2D eigenvalue weighted by atomic mass is 31.2. The lowest BCUT2D eigenvalue weighted by molar-refractivity contribution is -0.483. The van der Waals surface area contributed by atoms with Crippen LogP contribution >= 0.6 is 7.29 Å². The number of nitrogens with one attached hydrogen (secondary N) is 1. The standard InChI is InChI=1S/C21H21N2O3P/c1-17-12-14-18(15-13-17)21(16-23(24)25)22-27(26,19-8-4-2-5-9-19)20-10-6-3-7-11-20/h2-15,21H,16H2,1H3,(H,22,26). The predicted octanol–water partition coefficient (Wildman–Crippen LogP) is 3.83. The third-order valence-electron chi connectivity index (χ3n) is 4.39. The Morgan fingerprint density at radius 2 is 1.37 bits per heavy atom. The molecule has 3 rings (SSSR count). The Kier molecular flexibility index (Phi) is 5.84. The van der Waals surface area contributed by atoms with Crippen molar-refractivity contribution in [1.29, 1.82) is 0 Å². The van der Waals surface area contributed by atoms with Crippen LogP contribution in [0, 0.1) is 17.0 Å². The molecule has 3 aromatic rings. The molecule has 0 aliphatic rings. The van der Waals surface area contributed by atoms with Crippen LogP contribution in [0.1, 0.15) is 17.2 Å². The fourth-order valence-corrected chi connectivity index (χ4v) is 5.41. The van der Waals surface area contributed by atoms with Crippen molar-refractivity contribution in [1.82, 2.24) is 5.09 Å². The van der Waals surface area contributed by atoms with Gasteiger partial charge in [-0.15, -0.1) is 0 Å². The Balaban J connectivity index is 2.07. The van der Waals surface area contributed by atoms with Gasteiger partial charge >= 0.3 is 0 Å². The number of nitrogens with zero attached hydrogens (tertiary/aromatic N) is 1. The summed E-state index contributed by atoms with van der Waals surface area (Å²) in [6.07, 6.45) is 0. The molecular formula is C21H21N2O3P. The van der Waals surface area contributed by atoms with Crippen LogP contribution in [0.25, 0.3) is 0 Å². The SMILES string of the molecule is Cc1ccc(C(C[N+](=O)[O-])NP(=O)(c2ccccc2)c2ccccc2)cc1. The van der Waals surface area contributed by atoms with Crippen LogP contribution in [0.4, 0.5) is 0 Å². The fraction of sp³-hybridized carbons (Fsp3) is 0.143. The molecule has 0 saturated carbocycles. The summed E-state index contributed by atoms with van der Waals surface area (Å²) in [7, 11) is -3.27. The van der Waals surface area contributed by atoms with Crippen molar-refractivity contribution in [2.75, 3.05) is 6.54 Å². The van der Waals surface area contributed by atoms with Crippen molar-refractivity contribution in [3.8, 4) is 0 Å². The molecule has 0 heterocycles. The van der Waals surface area contributed by atoms with Gasteiger partial charge in [0.1, 0.15) is 6.04 Å².